The number of carbonyl (C=O) groups excluding carboxylic acids is 1. The van der Waals surface area contributed by atoms with Crippen molar-refractivity contribution in [1.82, 2.24) is 10.2 Å². The van der Waals surface area contributed by atoms with E-state index in [9.17, 15) is 4.79 Å². The van der Waals surface area contributed by atoms with Gasteiger partial charge in [-0.2, -0.15) is 0 Å². The number of nitrogens with one attached hydrogen (secondary N) is 2. The molecule has 2 amide bonds. The molecular weight excluding hydrogens is 306 g/mol. The number of urea groups is 1. The number of morpholine rings is 1. The van der Waals surface area contributed by atoms with Crippen LogP contribution in [0.1, 0.15) is 18.4 Å². The number of hydrogen-bond donors (Lipinski definition) is 2. The number of carbonyl (C=O) groups is 1. The maximum Gasteiger partial charge on any atom is 0.319 e. The van der Waals surface area contributed by atoms with Gasteiger partial charge in [0.05, 0.1) is 25.9 Å². The summed E-state index contributed by atoms with van der Waals surface area (Å²) in [5, 5.41) is 5.85. The Labute approximate surface area is 143 Å². The van der Waals surface area contributed by atoms with Crippen molar-refractivity contribution in [3.63, 3.8) is 0 Å². The molecule has 2 aliphatic heterocycles. The number of anilines is 1. The summed E-state index contributed by atoms with van der Waals surface area (Å²) >= 11 is 0. The van der Waals surface area contributed by atoms with Crippen LogP contribution in [0.3, 0.4) is 0 Å². The van der Waals surface area contributed by atoms with Crippen LogP contribution in [0, 0.1) is 0 Å². The zero-order valence-corrected chi connectivity index (χ0v) is 14.1. The van der Waals surface area contributed by atoms with Crippen LogP contribution in [0.15, 0.2) is 24.3 Å². The minimum atomic E-state index is -0.161. The first-order valence-corrected chi connectivity index (χ1v) is 8.84. The molecule has 24 heavy (non-hydrogen) atoms. The van der Waals surface area contributed by atoms with Crippen molar-refractivity contribution >= 4 is 11.7 Å². The highest BCUT2D eigenvalue weighted by Gasteiger charge is 2.16. The molecule has 3 rings (SSSR count). The highest BCUT2D eigenvalue weighted by Crippen LogP contribution is 2.12. The summed E-state index contributed by atoms with van der Waals surface area (Å²) in [5.41, 5.74) is 2.10. The van der Waals surface area contributed by atoms with Crippen LogP contribution in [0.2, 0.25) is 0 Å². The summed E-state index contributed by atoms with van der Waals surface area (Å²) in [7, 11) is 0. The second-order valence-electron chi connectivity index (χ2n) is 6.41. The summed E-state index contributed by atoms with van der Waals surface area (Å²) in [5.74, 6) is 0. The van der Waals surface area contributed by atoms with E-state index in [0.717, 1.165) is 64.4 Å². The molecule has 0 radical (unpaired) electrons. The van der Waals surface area contributed by atoms with Crippen molar-refractivity contribution in [2.45, 2.75) is 25.3 Å². The topological polar surface area (TPSA) is 62.8 Å². The third-order valence-corrected chi connectivity index (χ3v) is 4.53. The van der Waals surface area contributed by atoms with Crippen molar-refractivity contribution in [1.29, 1.82) is 0 Å². The maximum absolute atomic E-state index is 12.0. The van der Waals surface area contributed by atoms with Gasteiger partial charge in [-0.25, -0.2) is 4.79 Å². The van der Waals surface area contributed by atoms with Gasteiger partial charge in [0, 0.05) is 31.9 Å². The van der Waals surface area contributed by atoms with E-state index in [1.165, 1.54) is 5.56 Å². The molecule has 0 aromatic heterocycles. The predicted octanol–water partition coefficient (Wildman–Crippen LogP) is 1.86. The second kappa shape index (κ2) is 9.01. The van der Waals surface area contributed by atoms with Crippen molar-refractivity contribution in [3.05, 3.63) is 29.8 Å². The Kier molecular flexibility index (Phi) is 6.46. The van der Waals surface area contributed by atoms with Gasteiger partial charge < -0.3 is 20.1 Å². The fourth-order valence-electron chi connectivity index (χ4n) is 3.07. The monoisotopic (exact) mass is 333 g/mol. The molecule has 1 aromatic carbocycles. The van der Waals surface area contributed by atoms with Crippen molar-refractivity contribution < 1.29 is 14.3 Å². The van der Waals surface area contributed by atoms with Crippen LogP contribution in [-0.4, -0.2) is 63.0 Å². The van der Waals surface area contributed by atoms with Crippen molar-refractivity contribution in [2.75, 3.05) is 51.4 Å². The predicted molar refractivity (Wildman–Crippen MR) is 93.4 cm³/mol. The molecule has 0 saturated carbocycles. The van der Waals surface area contributed by atoms with Crippen LogP contribution < -0.4 is 10.6 Å². The molecule has 132 valence electrons. The number of benzene rings is 1. The molecule has 1 atom stereocenters. The molecule has 0 bridgehead atoms. The Bertz CT molecular complexity index is 509. The van der Waals surface area contributed by atoms with Crippen LogP contribution >= 0.6 is 0 Å². The van der Waals surface area contributed by atoms with E-state index in [-0.39, 0.29) is 12.1 Å². The quantitative estimate of drug-likeness (QED) is 0.863. The number of ether oxygens (including phenoxy) is 2. The van der Waals surface area contributed by atoms with Crippen LogP contribution in [0.4, 0.5) is 10.5 Å². The zero-order valence-electron chi connectivity index (χ0n) is 14.1. The van der Waals surface area contributed by atoms with Crippen LogP contribution in [-0.2, 0) is 15.9 Å². The molecule has 2 saturated heterocycles. The largest absolute Gasteiger partial charge is 0.379 e. The minimum absolute atomic E-state index is 0.117. The van der Waals surface area contributed by atoms with Crippen molar-refractivity contribution in [3.8, 4) is 0 Å². The molecule has 0 spiro atoms. The molecule has 1 aromatic rings. The Morgan fingerprint density at radius 1 is 1.12 bits per heavy atom. The summed E-state index contributed by atoms with van der Waals surface area (Å²) in [6, 6.07) is 8.05. The number of amides is 2. The van der Waals surface area contributed by atoms with Crippen LogP contribution in [0.25, 0.3) is 0 Å². The van der Waals surface area contributed by atoms with Gasteiger partial charge in [-0.3, -0.25) is 4.90 Å². The summed E-state index contributed by atoms with van der Waals surface area (Å²) in [6.45, 7) is 6.17. The van der Waals surface area contributed by atoms with E-state index in [1.807, 2.05) is 12.1 Å². The summed E-state index contributed by atoms with van der Waals surface area (Å²) in [6.07, 6.45) is 3.00. The molecule has 0 aliphatic carbocycles. The Morgan fingerprint density at radius 2 is 1.92 bits per heavy atom. The highest BCUT2D eigenvalue weighted by molar-refractivity contribution is 5.89. The van der Waals surface area contributed by atoms with Gasteiger partial charge >= 0.3 is 6.03 Å². The Morgan fingerprint density at radius 3 is 2.62 bits per heavy atom. The normalized spacial score (nSPS) is 22.1. The lowest BCUT2D eigenvalue weighted by Gasteiger charge is -2.26. The van der Waals surface area contributed by atoms with E-state index < -0.39 is 0 Å². The summed E-state index contributed by atoms with van der Waals surface area (Å²) < 4.78 is 10.7. The highest BCUT2D eigenvalue weighted by atomic mass is 16.5. The lowest BCUT2D eigenvalue weighted by Crippen LogP contribution is -2.42. The number of hydrogen-bond acceptors (Lipinski definition) is 4. The Hall–Kier alpha value is -1.63. The van der Waals surface area contributed by atoms with E-state index >= 15 is 0 Å². The average Bonchev–Trinajstić information content (AvgIpc) is 2.63. The van der Waals surface area contributed by atoms with Gasteiger partial charge in [-0.15, -0.1) is 0 Å². The lowest BCUT2D eigenvalue weighted by atomic mass is 10.1. The van der Waals surface area contributed by atoms with E-state index in [2.05, 4.69) is 27.7 Å². The van der Waals surface area contributed by atoms with E-state index in [4.69, 9.17) is 9.47 Å². The van der Waals surface area contributed by atoms with Gasteiger partial charge in [-0.1, -0.05) is 12.1 Å². The summed E-state index contributed by atoms with van der Waals surface area (Å²) in [4.78, 5) is 14.4. The van der Waals surface area contributed by atoms with Gasteiger partial charge in [0.25, 0.3) is 0 Å². The smallest absolute Gasteiger partial charge is 0.319 e. The number of nitrogens with zero attached hydrogens (tertiary/aromatic N) is 1. The second-order valence-corrected chi connectivity index (χ2v) is 6.41. The van der Waals surface area contributed by atoms with Crippen LogP contribution in [0.5, 0.6) is 0 Å². The standard InChI is InChI=1S/C18H27N3O3/c22-18(20-17-2-1-11-24-14-17)19-16-5-3-15(4-6-16)7-8-21-9-12-23-13-10-21/h3-6,17H,1-2,7-14H2,(H2,19,20,22). The van der Waals surface area contributed by atoms with Gasteiger partial charge in [0.2, 0.25) is 0 Å². The average molecular weight is 333 g/mol. The van der Waals surface area contributed by atoms with Crippen molar-refractivity contribution in [2.24, 2.45) is 0 Å². The molecular formula is C18H27N3O3. The Balaban J connectivity index is 1.41. The molecule has 6 heteroatoms. The molecule has 1 unspecified atom stereocenters. The van der Waals surface area contributed by atoms with Gasteiger partial charge in [0.1, 0.15) is 0 Å². The third kappa shape index (κ3) is 5.47. The molecule has 2 heterocycles. The molecule has 6 nitrogen and oxygen atoms in total. The maximum atomic E-state index is 12.0. The fraction of sp³-hybridized carbons (Fsp3) is 0.611. The zero-order chi connectivity index (χ0) is 16.6. The van der Waals surface area contributed by atoms with Gasteiger partial charge in [-0.05, 0) is 37.0 Å². The SMILES string of the molecule is O=C(Nc1ccc(CCN2CCOCC2)cc1)NC1CCCOC1. The first-order chi connectivity index (χ1) is 11.8. The minimum Gasteiger partial charge on any atom is -0.379 e. The fourth-order valence-corrected chi connectivity index (χ4v) is 3.07. The first-order valence-electron chi connectivity index (χ1n) is 8.84. The lowest BCUT2D eigenvalue weighted by molar-refractivity contribution is 0.0384. The molecule has 2 aliphatic rings. The van der Waals surface area contributed by atoms with E-state index in [0.29, 0.717) is 6.61 Å². The van der Waals surface area contributed by atoms with Gasteiger partial charge in [0.15, 0.2) is 0 Å². The third-order valence-electron chi connectivity index (χ3n) is 4.53. The number of rotatable bonds is 5. The van der Waals surface area contributed by atoms with E-state index in [1.54, 1.807) is 0 Å². The first kappa shape index (κ1) is 17.2. The molecule has 2 N–H and O–H groups in total. The molecule has 2 fully saturated rings.